The number of piperidine rings is 1. The highest BCUT2D eigenvalue weighted by Crippen LogP contribution is 2.32. The van der Waals surface area contributed by atoms with Gasteiger partial charge in [0.1, 0.15) is 6.04 Å². The molecular formula is C19H25N3O6S. The second-order valence-electron chi connectivity index (χ2n) is 8.40. The summed E-state index contributed by atoms with van der Waals surface area (Å²) in [6, 6.07) is 2.86. The van der Waals surface area contributed by atoms with E-state index in [1.165, 1.54) is 23.1 Å². The third-order valence-corrected chi connectivity index (χ3v) is 6.91. The summed E-state index contributed by atoms with van der Waals surface area (Å²) < 4.78 is 28.6. The maximum Gasteiger partial charge on any atom is 0.255 e. The summed E-state index contributed by atoms with van der Waals surface area (Å²) in [5, 5.41) is 11.8. The number of amides is 3. The van der Waals surface area contributed by atoms with Crippen molar-refractivity contribution in [3.63, 3.8) is 0 Å². The van der Waals surface area contributed by atoms with Gasteiger partial charge in [-0.05, 0) is 24.0 Å². The summed E-state index contributed by atoms with van der Waals surface area (Å²) in [4.78, 5) is 37.7. The summed E-state index contributed by atoms with van der Waals surface area (Å²) in [7, 11) is -4.02. The molecule has 1 aromatic rings. The van der Waals surface area contributed by atoms with Crippen LogP contribution >= 0.6 is 0 Å². The lowest BCUT2D eigenvalue weighted by molar-refractivity contribution is -0.136. The van der Waals surface area contributed by atoms with E-state index in [4.69, 9.17) is 0 Å². The van der Waals surface area contributed by atoms with Crippen LogP contribution in [0.15, 0.2) is 23.1 Å². The number of aliphatic hydroxyl groups is 1. The molecule has 0 aliphatic carbocycles. The van der Waals surface area contributed by atoms with Gasteiger partial charge in [0, 0.05) is 30.1 Å². The van der Waals surface area contributed by atoms with E-state index in [0.717, 1.165) is 0 Å². The zero-order valence-corrected chi connectivity index (χ0v) is 17.4. The maximum atomic E-state index is 13.0. The second-order valence-corrected chi connectivity index (χ2v) is 10.1. The lowest BCUT2D eigenvalue weighted by Gasteiger charge is -2.30. The van der Waals surface area contributed by atoms with Crippen LogP contribution in [-0.2, 0) is 26.2 Å². The van der Waals surface area contributed by atoms with Gasteiger partial charge < -0.3 is 10.0 Å². The molecule has 2 aliphatic heterocycles. The number of benzene rings is 1. The molecule has 3 rings (SSSR count). The van der Waals surface area contributed by atoms with Crippen molar-refractivity contribution in [1.82, 2.24) is 14.9 Å². The Hall–Kier alpha value is -2.30. The fraction of sp³-hybridized carbons (Fsp3) is 0.526. The molecule has 3 N–H and O–H groups in total. The summed E-state index contributed by atoms with van der Waals surface area (Å²) in [5.41, 5.74) is 0.00290. The molecule has 10 heteroatoms. The van der Waals surface area contributed by atoms with E-state index in [-0.39, 0.29) is 42.4 Å². The molecule has 3 amide bonds. The SMILES string of the molecule is CC(C)(C)[C@@H](CO)NS(=O)(=O)c1cccc2c1CN(C1CCC(=O)NC1=O)C2=O. The number of hydrogen-bond donors (Lipinski definition) is 3. The van der Waals surface area contributed by atoms with Gasteiger partial charge in [0.05, 0.1) is 11.5 Å². The number of sulfonamides is 1. The van der Waals surface area contributed by atoms with E-state index in [1.54, 1.807) is 20.8 Å². The van der Waals surface area contributed by atoms with E-state index in [0.29, 0.717) is 5.56 Å². The van der Waals surface area contributed by atoms with Crippen molar-refractivity contribution in [2.24, 2.45) is 5.41 Å². The molecule has 1 saturated heterocycles. The van der Waals surface area contributed by atoms with E-state index in [9.17, 15) is 27.9 Å². The van der Waals surface area contributed by atoms with Gasteiger partial charge in [-0.15, -0.1) is 0 Å². The van der Waals surface area contributed by atoms with Gasteiger partial charge >= 0.3 is 0 Å². The Labute approximate surface area is 169 Å². The minimum absolute atomic E-state index is 0.0448. The van der Waals surface area contributed by atoms with Gasteiger partial charge in [0.2, 0.25) is 21.8 Å². The minimum atomic E-state index is -4.02. The summed E-state index contributed by atoms with van der Waals surface area (Å²) in [6.45, 7) is 5.00. The van der Waals surface area contributed by atoms with Crippen LogP contribution in [0.3, 0.4) is 0 Å². The Morgan fingerprint density at radius 1 is 1.28 bits per heavy atom. The van der Waals surface area contributed by atoms with Gasteiger partial charge in [0.25, 0.3) is 5.91 Å². The van der Waals surface area contributed by atoms with E-state index in [1.807, 2.05) is 0 Å². The first-order valence-corrected chi connectivity index (χ1v) is 10.8. The van der Waals surface area contributed by atoms with Crippen LogP contribution in [0.4, 0.5) is 0 Å². The molecule has 2 aliphatic rings. The zero-order chi connectivity index (χ0) is 21.6. The Balaban J connectivity index is 1.93. The number of nitrogens with zero attached hydrogens (tertiary/aromatic N) is 1. The monoisotopic (exact) mass is 423 g/mol. The highest BCUT2D eigenvalue weighted by Gasteiger charge is 2.41. The number of carbonyl (C=O) groups is 3. The fourth-order valence-electron chi connectivity index (χ4n) is 3.55. The molecule has 0 radical (unpaired) electrons. The Kier molecular flexibility index (Phi) is 5.54. The predicted octanol–water partition coefficient (Wildman–Crippen LogP) is 0.133. The number of carbonyl (C=O) groups excluding carboxylic acids is 3. The first-order valence-electron chi connectivity index (χ1n) is 9.35. The summed E-state index contributed by atoms with van der Waals surface area (Å²) in [6.07, 6.45) is 0.314. The summed E-state index contributed by atoms with van der Waals surface area (Å²) in [5.74, 6) is -1.39. The first-order chi connectivity index (χ1) is 13.5. The van der Waals surface area contributed by atoms with Crippen LogP contribution in [0.2, 0.25) is 0 Å². The number of aliphatic hydroxyl groups excluding tert-OH is 1. The van der Waals surface area contributed by atoms with Gasteiger partial charge in [-0.2, -0.15) is 0 Å². The number of rotatable bonds is 5. The van der Waals surface area contributed by atoms with E-state index < -0.39 is 39.3 Å². The molecule has 1 fully saturated rings. The van der Waals surface area contributed by atoms with Crippen LogP contribution in [0.5, 0.6) is 0 Å². The van der Waals surface area contributed by atoms with Gasteiger partial charge in [-0.25, -0.2) is 13.1 Å². The second kappa shape index (κ2) is 7.51. The molecule has 0 spiro atoms. The number of hydrogen-bond acceptors (Lipinski definition) is 6. The Morgan fingerprint density at radius 3 is 2.55 bits per heavy atom. The molecule has 9 nitrogen and oxygen atoms in total. The standard InChI is InChI=1S/C19H25N3O6S/c1-19(2,3)15(10-23)21-29(27,28)14-6-4-5-11-12(14)9-22(18(11)26)13-7-8-16(24)20-17(13)25/h4-6,13,15,21,23H,7-10H2,1-3H3,(H,20,24,25)/t13?,15-/m1/s1. The molecule has 2 heterocycles. The highest BCUT2D eigenvalue weighted by molar-refractivity contribution is 7.89. The molecular weight excluding hydrogens is 398 g/mol. The highest BCUT2D eigenvalue weighted by atomic mass is 32.2. The lowest BCUT2D eigenvalue weighted by atomic mass is 9.88. The van der Waals surface area contributed by atoms with Crippen molar-refractivity contribution in [3.8, 4) is 0 Å². The van der Waals surface area contributed by atoms with Crippen molar-refractivity contribution in [3.05, 3.63) is 29.3 Å². The number of fused-ring (bicyclic) bond motifs is 1. The van der Waals surface area contributed by atoms with Gasteiger partial charge in [-0.1, -0.05) is 26.8 Å². The Morgan fingerprint density at radius 2 is 1.97 bits per heavy atom. The van der Waals surface area contributed by atoms with Crippen LogP contribution in [0.25, 0.3) is 0 Å². The van der Waals surface area contributed by atoms with Gasteiger partial charge in [0.15, 0.2) is 0 Å². The molecule has 158 valence electrons. The average molecular weight is 423 g/mol. The van der Waals surface area contributed by atoms with E-state index in [2.05, 4.69) is 10.0 Å². The topological polar surface area (TPSA) is 133 Å². The van der Waals surface area contributed by atoms with Crippen LogP contribution < -0.4 is 10.0 Å². The molecule has 1 unspecified atom stereocenters. The zero-order valence-electron chi connectivity index (χ0n) is 16.6. The van der Waals surface area contributed by atoms with Crippen LogP contribution in [0, 0.1) is 5.41 Å². The quantitative estimate of drug-likeness (QED) is 0.577. The van der Waals surface area contributed by atoms with Crippen molar-refractivity contribution in [2.75, 3.05) is 6.61 Å². The molecule has 1 aromatic carbocycles. The normalized spacial score (nSPS) is 21.2. The molecule has 0 aromatic heterocycles. The van der Waals surface area contributed by atoms with Crippen LogP contribution in [-0.4, -0.2) is 54.8 Å². The smallest absolute Gasteiger partial charge is 0.255 e. The number of imide groups is 1. The van der Waals surface area contributed by atoms with Crippen molar-refractivity contribution in [2.45, 2.75) is 57.1 Å². The molecule has 2 atom stereocenters. The molecule has 0 bridgehead atoms. The first kappa shape index (κ1) is 21.4. The largest absolute Gasteiger partial charge is 0.395 e. The molecule has 0 saturated carbocycles. The number of nitrogens with one attached hydrogen (secondary N) is 2. The third kappa shape index (κ3) is 4.05. The average Bonchev–Trinajstić information content (AvgIpc) is 2.95. The van der Waals surface area contributed by atoms with E-state index >= 15 is 0 Å². The fourth-order valence-corrected chi connectivity index (χ4v) is 5.23. The summed E-state index contributed by atoms with van der Waals surface area (Å²) >= 11 is 0. The maximum absolute atomic E-state index is 13.0. The third-order valence-electron chi connectivity index (χ3n) is 5.35. The van der Waals surface area contributed by atoms with Gasteiger partial charge in [-0.3, -0.25) is 19.7 Å². The predicted molar refractivity (Wildman–Crippen MR) is 103 cm³/mol. The molecule has 29 heavy (non-hydrogen) atoms. The van der Waals surface area contributed by atoms with Crippen molar-refractivity contribution >= 4 is 27.7 Å². The van der Waals surface area contributed by atoms with Crippen molar-refractivity contribution < 1.29 is 27.9 Å². The van der Waals surface area contributed by atoms with Crippen LogP contribution in [0.1, 0.15) is 49.5 Å². The Bertz CT molecular complexity index is 967. The lowest BCUT2D eigenvalue weighted by Crippen LogP contribution is -2.52. The van der Waals surface area contributed by atoms with Crippen molar-refractivity contribution in [1.29, 1.82) is 0 Å². The minimum Gasteiger partial charge on any atom is -0.395 e.